The van der Waals surface area contributed by atoms with Crippen LogP contribution in [0.5, 0.6) is 5.75 Å². The second-order valence-electron chi connectivity index (χ2n) is 5.79. The number of carbonyl (C=O) groups excluding carboxylic acids is 2. The molecule has 0 spiro atoms. The topological polar surface area (TPSA) is 81.4 Å². The molecule has 0 saturated carbocycles. The molecule has 2 aromatic carbocycles. The van der Waals surface area contributed by atoms with Gasteiger partial charge >= 0.3 is 0 Å². The maximum Gasteiger partial charge on any atom is 0.264 e. The SMILES string of the molecule is CC(C)(Oc1ccc(F)cc1)C(=O)NC(C(N)=O)c1ccccc1. The van der Waals surface area contributed by atoms with Gasteiger partial charge in [0.05, 0.1) is 0 Å². The summed E-state index contributed by atoms with van der Waals surface area (Å²) in [7, 11) is 0. The van der Waals surface area contributed by atoms with Gasteiger partial charge in [-0.2, -0.15) is 0 Å². The van der Waals surface area contributed by atoms with Crippen LogP contribution in [-0.2, 0) is 9.59 Å². The van der Waals surface area contributed by atoms with Crippen LogP contribution in [0.25, 0.3) is 0 Å². The molecule has 6 heteroatoms. The van der Waals surface area contributed by atoms with E-state index >= 15 is 0 Å². The van der Waals surface area contributed by atoms with Gasteiger partial charge in [-0.25, -0.2) is 4.39 Å². The Labute approximate surface area is 139 Å². The average Bonchev–Trinajstić information content (AvgIpc) is 2.54. The molecule has 3 N–H and O–H groups in total. The fraction of sp³-hybridized carbons (Fsp3) is 0.222. The number of primary amides is 1. The van der Waals surface area contributed by atoms with Crippen molar-refractivity contribution in [3.63, 3.8) is 0 Å². The van der Waals surface area contributed by atoms with Gasteiger partial charge in [0, 0.05) is 0 Å². The number of rotatable bonds is 6. The van der Waals surface area contributed by atoms with Crippen LogP contribution in [0.4, 0.5) is 4.39 Å². The van der Waals surface area contributed by atoms with E-state index in [9.17, 15) is 14.0 Å². The number of hydrogen-bond acceptors (Lipinski definition) is 3. The highest BCUT2D eigenvalue weighted by atomic mass is 19.1. The van der Waals surface area contributed by atoms with E-state index in [-0.39, 0.29) is 0 Å². The highest BCUT2D eigenvalue weighted by Crippen LogP contribution is 2.20. The fourth-order valence-corrected chi connectivity index (χ4v) is 2.11. The predicted octanol–water partition coefficient (Wildman–Crippen LogP) is 2.33. The van der Waals surface area contributed by atoms with Crippen LogP contribution < -0.4 is 15.8 Å². The van der Waals surface area contributed by atoms with Crippen LogP contribution in [0.2, 0.25) is 0 Å². The zero-order valence-electron chi connectivity index (χ0n) is 13.5. The third-order valence-electron chi connectivity index (χ3n) is 3.43. The van der Waals surface area contributed by atoms with Gasteiger partial charge in [-0.1, -0.05) is 30.3 Å². The van der Waals surface area contributed by atoms with Gasteiger partial charge in [-0.15, -0.1) is 0 Å². The summed E-state index contributed by atoms with van der Waals surface area (Å²) in [5.41, 5.74) is 4.70. The molecule has 0 aliphatic carbocycles. The van der Waals surface area contributed by atoms with E-state index in [0.29, 0.717) is 11.3 Å². The summed E-state index contributed by atoms with van der Waals surface area (Å²) in [6.07, 6.45) is 0. The number of amides is 2. The van der Waals surface area contributed by atoms with Crippen molar-refractivity contribution < 1.29 is 18.7 Å². The Balaban J connectivity index is 2.13. The van der Waals surface area contributed by atoms with Crippen LogP contribution in [0.15, 0.2) is 54.6 Å². The average molecular weight is 330 g/mol. The molecule has 1 unspecified atom stereocenters. The second-order valence-corrected chi connectivity index (χ2v) is 5.79. The van der Waals surface area contributed by atoms with Gasteiger partial charge in [0.1, 0.15) is 17.6 Å². The van der Waals surface area contributed by atoms with Crippen LogP contribution >= 0.6 is 0 Å². The third kappa shape index (κ3) is 4.32. The minimum atomic E-state index is -1.28. The number of halogens is 1. The molecule has 0 aliphatic heterocycles. The van der Waals surface area contributed by atoms with E-state index in [1.54, 1.807) is 44.2 Å². The Morgan fingerprint density at radius 1 is 1.08 bits per heavy atom. The number of hydrogen-bond donors (Lipinski definition) is 2. The lowest BCUT2D eigenvalue weighted by Gasteiger charge is -2.27. The summed E-state index contributed by atoms with van der Waals surface area (Å²) in [6.45, 7) is 3.10. The molecular formula is C18H19FN2O3. The fourth-order valence-electron chi connectivity index (χ4n) is 2.11. The summed E-state index contributed by atoms with van der Waals surface area (Å²) in [4.78, 5) is 24.2. The number of nitrogens with one attached hydrogen (secondary N) is 1. The van der Waals surface area contributed by atoms with E-state index in [4.69, 9.17) is 10.5 Å². The second kappa shape index (κ2) is 7.12. The van der Waals surface area contributed by atoms with Gasteiger partial charge in [-0.3, -0.25) is 9.59 Å². The summed E-state index contributed by atoms with van der Waals surface area (Å²) in [6, 6.07) is 13.0. The van der Waals surface area contributed by atoms with Crippen molar-refractivity contribution in [3.8, 4) is 5.75 Å². The first kappa shape index (κ1) is 17.5. The maximum atomic E-state index is 12.9. The highest BCUT2D eigenvalue weighted by molar-refractivity contribution is 5.91. The summed E-state index contributed by atoms with van der Waals surface area (Å²) < 4.78 is 18.5. The van der Waals surface area contributed by atoms with Crippen molar-refractivity contribution >= 4 is 11.8 Å². The van der Waals surface area contributed by atoms with Gasteiger partial charge in [0.25, 0.3) is 5.91 Å². The molecule has 24 heavy (non-hydrogen) atoms. The quantitative estimate of drug-likeness (QED) is 0.853. The minimum Gasteiger partial charge on any atom is -0.478 e. The highest BCUT2D eigenvalue weighted by Gasteiger charge is 2.33. The molecule has 1 atom stereocenters. The Hall–Kier alpha value is -2.89. The largest absolute Gasteiger partial charge is 0.478 e. The van der Waals surface area contributed by atoms with Crippen molar-refractivity contribution in [1.82, 2.24) is 5.32 Å². The summed E-state index contributed by atoms with van der Waals surface area (Å²) in [5.74, 6) is -1.25. The van der Waals surface area contributed by atoms with E-state index in [1.165, 1.54) is 24.3 Å². The monoisotopic (exact) mass is 330 g/mol. The van der Waals surface area contributed by atoms with Crippen LogP contribution in [0, 0.1) is 5.82 Å². The van der Waals surface area contributed by atoms with Crippen molar-refractivity contribution in [2.24, 2.45) is 5.73 Å². The van der Waals surface area contributed by atoms with E-state index in [2.05, 4.69) is 5.32 Å². The van der Waals surface area contributed by atoms with Gasteiger partial charge in [0.2, 0.25) is 5.91 Å². The molecule has 0 aliphatic rings. The normalized spacial score (nSPS) is 12.3. The number of nitrogens with two attached hydrogens (primary N) is 1. The predicted molar refractivity (Wildman–Crippen MR) is 87.6 cm³/mol. The van der Waals surface area contributed by atoms with Crippen LogP contribution in [0.1, 0.15) is 25.5 Å². The van der Waals surface area contributed by atoms with E-state index in [0.717, 1.165) is 0 Å². The smallest absolute Gasteiger partial charge is 0.264 e. The lowest BCUT2D eigenvalue weighted by molar-refractivity contribution is -0.137. The van der Waals surface area contributed by atoms with Crippen LogP contribution in [0.3, 0.4) is 0 Å². The van der Waals surface area contributed by atoms with Gasteiger partial charge in [-0.05, 0) is 43.7 Å². The number of ether oxygens (including phenoxy) is 1. The lowest BCUT2D eigenvalue weighted by Crippen LogP contribution is -2.50. The molecule has 0 saturated heterocycles. The zero-order valence-corrected chi connectivity index (χ0v) is 13.5. The number of benzene rings is 2. The number of carbonyl (C=O) groups is 2. The molecule has 0 fully saturated rings. The third-order valence-corrected chi connectivity index (χ3v) is 3.43. The minimum absolute atomic E-state index is 0.340. The Kier molecular flexibility index (Phi) is 5.18. The van der Waals surface area contributed by atoms with E-state index < -0.39 is 29.3 Å². The first-order chi connectivity index (χ1) is 11.3. The zero-order chi connectivity index (χ0) is 17.7. The Morgan fingerprint density at radius 2 is 1.67 bits per heavy atom. The maximum absolute atomic E-state index is 12.9. The first-order valence-corrected chi connectivity index (χ1v) is 7.39. The van der Waals surface area contributed by atoms with Crippen molar-refractivity contribution in [3.05, 3.63) is 66.0 Å². The molecule has 0 heterocycles. The molecule has 2 aromatic rings. The molecule has 0 aromatic heterocycles. The Morgan fingerprint density at radius 3 is 2.21 bits per heavy atom. The lowest BCUT2D eigenvalue weighted by atomic mass is 10.0. The molecule has 2 amide bonds. The van der Waals surface area contributed by atoms with Crippen molar-refractivity contribution in [2.75, 3.05) is 0 Å². The van der Waals surface area contributed by atoms with Crippen molar-refractivity contribution in [2.45, 2.75) is 25.5 Å². The summed E-state index contributed by atoms with van der Waals surface area (Å²) >= 11 is 0. The molecule has 5 nitrogen and oxygen atoms in total. The molecule has 2 rings (SSSR count). The van der Waals surface area contributed by atoms with Crippen molar-refractivity contribution in [1.29, 1.82) is 0 Å². The molecular weight excluding hydrogens is 311 g/mol. The van der Waals surface area contributed by atoms with Gasteiger partial charge < -0.3 is 15.8 Å². The Bertz CT molecular complexity index is 715. The standard InChI is InChI=1S/C18H19FN2O3/c1-18(2,24-14-10-8-13(19)9-11-14)17(23)21-15(16(20)22)12-6-4-3-5-7-12/h3-11,15H,1-2H3,(H2,20,22)(H,21,23). The van der Waals surface area contributed by atoms with Gasteiger partial charge in [0.15, 0.2) is 5.60 Å². The summed E-state index contributed by atoms with van der Waals surface area (Å²) in [5, 5.41) is 2.59. The first-order valence-electron chi connectivity index (χ1n) is 7.39. The molecule has 0 radical (unpaired) electrons. The molecule has 0 bridgehead atoms. The van der Waals surface area contributed by atoms with Crippen LogP contribution in [-0.4, -0.2) is 17.4 Å². The molecule has 126 valence electrons. The van der Waals surface area contributed by atoms with E-state index in [1.807, 2.05) is 0 Å².